The SMILES string of the molecule is c1ccc(-c2ccc(-c3cc(-c4ccc(C5(c6ccc7c(c6)Oc6ccccc6O7)c6ccccc6-c6ccccc65)cc4)nc(-c4ccccc4)n3)cc2)cc1. The average molecular weight is 731 g/mol. The van der Waals surface area contributed by atoms with E-state index in [1.165, 1.54) is 33.4 Å². The van der Waals surface area contributed by atoms with Gasteiger partial charge in [-0.3, -0.25) is 0 Å². The zero-order valence-electron chi connectivity index (χ0n) is 30.8. The zero-order valence-corrected chi connectivity index (χ0v) is 30.8. The fourth-order valence-electron chi connectivity index (χ4n) is 8.60. The highest BCUT2D eigenvalue weighted by atomic mass is 16.6. The van der Waals surface area contributed by atoms with E-state index in [1.807, 2.05) is 54.6 Å². The fraction of sp³-hybridized carbons (Fsp3) is 0.0189. The fourth-order valence-corrected chi connectivity index (χ4v) is 8.60. The van der Waals surface area contributed by atoms with Crippen LogP contribution >= 0.6 is 0 Å². The normalized spacial score (nSPS) is 13.0. The third kappa shape index (κ3) is 5.45. The van der Waals surface area contributed by atoms with E-state index in [9.17, 15) is 0 Å². The van der Waals surface area contributed by atoms with Gasteiger partial charge in [0.1, 0.15) is 0 Å². The maximum Gasteiger partial charge on any atom is 0.170 e. The molecule has 9 aromatic rings. The molecule has 57 heavy (non-hydrogen) atoms. The van der Waals surface area contributed by atoms with Gasteiger partial charge in [0, 0.05) is 16.7 Å². The van der Waals surface area contributed by atoms with Crippen LogP contribution in [-0.2, 0) is 5.41 Å². The van der Waals surface area contributed by atoms with E-state index < -0.39 is 5.41 Å². The van der Waals surface area contributed by atoms with Gasteiger partial charge in [0.25, 0.3) is 0 Å². The number of ether oxygens (including phenoxy) is 2. The molecule has 0 saturated carbocycles. The quantitative estimate of drug-likeness (QED) is 0.171. The van der Waals surface area contributed by atoms with Gasteiger partial charge >= 0.3 is 0 Å². The van der Waals surface area contributed by atoms with Crippen molar-refractivity contribution in [2.75, 3.05) is 0 Å². The number of hydrogen-bond donors (Lipinski definition) is 0. The van der Waals surface area contributed by atoms with E-state index >= 15 is 0 Å². The van der Waals surface area contributed by atoms with Crippen molar-refractivity contribution in [2.45, 2.75) is 5.41 Å². The van der Waals surface area contributed by atoms with Crippen molar-refractivity contribution in [3.05, 3.63) is 229 Å². The molecule has 2 heterocycles. The summed E-state index contributed by atoms with van der Waals surface area (Å²) in [6, 6.07) is 72.0. The van der Waals surface area contributed by atoms with Crippen LogP contribution in [0.1, 0.15) is 22.3 Å². The van der Waals surface area contributed by atoms with Crippen molar-refractivity contribution in [1.29, 1.82) is 0 Å². The first-order valence-electron chi connectivity index (χ1n) is 19.2. The summed E-state index contributed by atoms with van der Waals surface area (Å²) < 4.78 is 12.8. The van der Waals surface area contributed by atoms with Crippen LogP contribution in [0, 0.1) is 0 Å². The second-order valence-electron chi connectivity index (χ2n) is 14.5. The van der Waals surface area contributed by atoms with Crippen LogP contribution < -0.4 is 9.47 Å². The molecular formula is C53H34N2O2. The van der Waals surface area contributed by atoms with Crippen LogP contribution in [0.4, 0.5) is 0 Å². The molecule has 1 aliphatic heterocycles. The Kier molecular flexibility index (Phi) is 7.68. The molecule has 8 aromatic carbocycles. The largest absolute Gasteiger partial charge is 0.450 e. The molecule has 0 atom stereocenters. The summed E-state index contributed by atoms with van der Waals surface area (Å²) in [6.07, 6.45) is 0. The summed E-state index contributed by atoms with van der Waals surface area (Å²) in [7, 11) is 0. The smallest absolute Gasteiger partial charge is 0.170 e. The van der Waals surface area contributed by atoms with E-state index in [2.05, 4.69) is 152 Å². The summed E-state index contributed by atoms with van der Waals surface area (Å²) >= 11 is 0. The minimum Gasteiger partial charge on any atom is -0.450 e. The Morgan fingerprint density at radius 1 is 0.316 bits per heavy atom. The average Bonchev–Trinajstić information content (AvgIpc) is 3.60. The van der Waals surface area contributed by atoms with Gasteiger partial charge in [0.05, 0.1) is 16.8 Å². The molecule has 0 N–H and O–H groups in total. The topological polar surface area (TPSA) is 44.2 Å². The third-order valence-electron chi connectivity index (χ3n) is 11.3. The Morgan fingerprint density at radius 2 is 0.754 bits per heavy atom. The van der Waals surface area contributed by atoms with Gasteiger partial charge in [0.15, 0.2) is 28.8 Å². The number of para-hydroxylation sites is 2. The summed E-state index contributed by atoms with van der Waals surface area (Å²) in [5.41, 5.74) is 13.6. The van der Waals surface area contributed by atoms with Crippen molar-refractivity contribution in [1.82, 2.24) is 9.97 Å². The molecule has 1 aromatic heterocycles. The van der Waals surface area contributed by atoms with Crippen LogP contribution in [0.2, 0.25) is 0 Å². The van der Waals surface area contributed by atoms with Gasteiger partial charge in [-0.1, -0.05) is 176 Å². The first-order chi connectivity index (χ1) is 28.2. The molecule has 1 aliphatic carbocycles. The van der Waals surface area contributed by atoms with Crippen LogP contribution in [0.25, 0.3) is 56.2 Å². The molecule has 0 bridgehead atoms. The van der Waals surface area contributed by atoms with E-state index in [1.54, 1.807) is 0 Å². The molecule has 4 heteroatoms. The molecule has 2 aliphatic rings. The number of aromatic nitrogens is 2. The van der Waals surface area contributed by atoms with Crippen LogP contribution in [-0.4, -0.2) is 9.97 Å². The predicted molar refractivity (Wildman–Crippen MR) is 228 cm³/mol. The van der Waals surface area contributed by atoms with Gasteiger partial charge in [-0.25, -0.2) is 9.97 Å². The number of hydrogen-bond acceptors (Lipinski definition) is 4. The first kappa shape index (κ1) is 32.8. The zero-order chi connectivity index (χ0) is 37.8. The van der Waals surface area contributed by atoms with Crippen molar-refractivity contribution >= 4 is 0 Å². The van der Waals surface area contributed by atoms with Crippen LogP contribution in [0.15, 0.2) is 206 Å². The Morgan fingerprint density at radius 3 is 1.37 bits per heavy atom. The van der Waals surface area contributed by atoms with Crippen LogP contribution in [0.5, 0.6) is 23.0 Å². The second-order valence-corrected chi connectivity index (χ2v) is 14.5. The first-order valence-corrected chi connectivity index (χ1v) is 19.2. The molecule has 0 fully saturated rings. The summed E-state index contributed by atoms with van der Waals surface area (Å²) in [5, 5.41) is 0. The van der Waals surface area contributed by atoms with Gasteiger partial charge < -0.3 is 9.47 Å². The summed E-state index contributed by atoms with van der Waals surface area (Å²) in [5.74, 6) is 3.51. The van der Waals surface area contributed by atoms with E-state index in [-0.39, 0.29) is 0 Å². The van der Waals surface area contributed by atoms with E-state index in [0.29, 0.717) is 28.8 Å². The van der Waals surface area contributed by atoms with E-state index in [0.717, 1.165) is 39.2 Å². The maximum absolute atomic E-state index is 6.50. The van der Waals surface area contributed by atoms with Crippen LogP contribution in [0.3, 0.4) is 0 Å². The van der Waals surface area contributed by atoms with Gasteiger partial charge in [0.2, 0.25) is 0 Å². The van der Waals surface area contributed by atoms with Crippen molar-refractivity contribution in [3.8, 4) is 79.2 Å². The molecule has 0 amide bonds. The summed E-state index contributed by atoms with van der Waals surface area (Å²) in [4.78, 5) is 10.3. The van der Waals surface area contributed by atoms with Gasteiger partial charge in [-0.2, -0.15) is 0 Å². The molecule has 0 unspecified atom stereocenters. The lowest BCUT2D eigenvalue weighted by atomic mass is 9.67. The Hall–Kier alpha value is -7.56. The lowest BCUT2D eigenvalue weighted by Gasteiger charge is -2.34. The Balaban J connectivity index is 1.05. The standard InChI is InChI=1S/C53H34N2O2/c1-3-13-35(14-4-1)36-23-25-37(26-24-36)46-34-47(55-52(54-46)39-15-5-2-6-16-39)38-27-29-40(30-28-38)53(44-19-9-7-17-42(44)43-18-8-10-20-45(43)53)41-31-32-50-51(33-41)57-49-22-12-11-21-48(49)56-50/h1-34H. The number of nitrogens with zero attached hydrogens (tertiary/aromatic N) is 2. The summed E-state index contributed by atoms with van der Waals surface area (Å²) in [6.45, 7) is 0. The molecule has 11 rings (SSSR count). The van der Waals surface area contributed by atoms with Gasteiger partial charge in [-0.05, 0) is 74.8 Å². The van der Waals surface area contributed by atoms with Crippen molar-refractivity contribution in [2.24, 2.45) is 0 Å². The molecular weight excluding hydrogens is 697 g/mol. The lowest BCUT2D eigenvalue weighted by molar-refractivity contribution is 0.359. The molecule has 0 spiro atoms. The number of fused-ring (bicyclic) bond motifs is 5. The van der Waals surface area contributed by atoms with Crippen molar-refractivity contribution < 1.29 is 9.47 Å². The molecule has 0 radical (unpaired) electrons. The predicted octanol–water partition coefficient (Wildman–Crippen LogP) is 13.4. The third-order valence-corrected chi connectivity index (χ3v) is 11.3. The number of rotatable bonds is 6. The number of benzene rings is 8. The Bertz CT molecular complexity index is 2900. The Labute approximate surface area is 331 Å². The lowest BCUT2D eigenvalue weighted by Crippen LogP contribution is -2.28. The highest BCUT2D eigenvalue weighted by Crippen LogP contribution is 2.57. The van der Waals surface area contributed by atoms with E-state index in [4.69, 9.17) is 19.4 Å². The minimum atomic E-state index is -0.617. The monoisotopic (exact) mass is 730 g/mol. The highest BCUT2D eigenvalue weighted by Gasteiger charge is 2.46. The van der Waals surface area contributed by atoms with Gasteiger partial charge in [-0.15, -0.1) is 0 Å². The molecule has 268 valence electrons. The maximum atomic E-state index is 6.50. The second kappa shape index (κ2) is 13.3. The highest BCUT2D eigenvalue weighted by molar-refractivity contribution is 5.87. The molecule has 4 nitrogen and oxygen atoms in total. The molecule has 0 saturated heterocycles. The van der Waals surface area contributed by atoms with Crippen molar-refractivity contribution in [3.63, 3.8) is 0 Å². The minimum absolute atomic E-state index is 0.617.